The summed E-state index contributed by atoms with van der Waals surface area (Å²) in [5.41, 5.74) is 1.01. The Morgan fingerprint density at radius 3 is 2.77 bits per heavy atom. The standard InChI is InChI=1S/C18H14FN5O2/c1-10(11-5-3-2-4-6-11)20-17(25)15-16-18(26)21-13-9-12(19)7-8-14(13)24(16)23-22-15/h2-10H,1H3,(H,20,25)(H,21,26)/t10-/m1/s1. The molecule has 1 atom stereocenters. The van der Waals surface area contributed by atoms with Gasteiger partial charge >= 0.3 is 0 Å². The van der Waals surface area contributed by atoms with E-state index in [0.29, 0.717) is 5.52 Å². The number of fused-ring (bicyclic) bond motifs is 3. The van der Waals surface area contributed by atoms with Gasteiger partial charge in [-0.3, -0.25) is 9.59 Å². The lowest BCUT2D eigenvalue weighted by molar-refractivity contribution is 0.0936. The molecule has 0 spiro atoms. The molecule has 0 saturated carbocycles. The summed E-state index contributed by atoms with van der Waals surface area (Å²) in [5, 5.41) is 10.6. The molecule has 0 aliphatic heterocycles. The second-order valence-electron chi connectivity index (χ2n) is 5.92. The number of halogens is 1. The van der Waals surface area contributed by atoms with Gasteiger partial charge < -0.3 is 10.3 Å². The van der Waals surface area contributed by atoms with Crippen LogP contribution in [-0.2, 0) is 0 Å². The summed E-state index contributed by atoms with van der Waals surface area (Å²) in [7, 11) is 0. The van der Waals surface area contributed by atoms with Crippen molar-refractivity contribution in [2.75, 3.05) is 0 Å². The van der Waals surface area contributed by atoms with Gasteiger partial charge in [0.25, 0.3) is 11.5 Å². The van der Waals surface area contributed by atoms with Gasteiger partial charge in [-0.2, -0.15) is 0 Å². The number of nitrogens with one attached hydrogen (secondary N) is 2. The van der Waals surface area contributed by atoms with Gasteiger partial charge in [0.1, 0.15) is 5.82 Å². The lowest BCUT2D eigenvalue weighted by atomic mass is 10.1. The number of carbonyl (C=O) groups excluding carboxylic acids is 1. The fourth-order valence-corrected chi connectivity index (χ4v) is 2.87. The highest BCUT2D eigenvalue weighted by Gasteiger charge is 2.21. The molecule has 1 amide bonds. The van der Waals surface area contributed by atoms with Crippen LogP contribution in [0.4, 0.5) is 4.39 Å². The Kier molecular flexibility index (Phi) is 3.72. The lowest BCUT2D eigenvalue weighted by Gasteiger charge is -2.13. The normalized spacial score (nSPS) is 12.4. The molecule has 2 aromatic carbocycles. The SMILES string of the molecule is C[C@@H](NC(=O)c1nnn2c1c(=O)[nH]c1cc(F)ccc12)c1ccccc1. The Labute approximate surface area is 146 Å². The lowest BCUT2D eigenvalue weighted by Crippen LogP contribution is -2.28. The highest BCUT2D eigenvalue weighted by molar-refractivity contribution is 5.99. The number of amides is 1. The summed E-state index contributed by atoms with van der Waals surface area (Å²) < 4.78 is 14.6. The fourth-order valence-electron chi connectivity index (χ4n) is 2.87. The summed E-state index contributed by atoms with van der Waals surface area (Å²) in [5.74, 6) is -0.995. The monoisotopic (exact) mass is 351 g/mol. The Morgan fingerprint density at radius 1 is 1.23 bits per heavy atom. The first kappa shape index (κ1) is 15.9. The topological polar surface area (TPSA) is 92.2 Å². The van der Waals surface area contributed by atoms with E-state index in [-0.39, 0.29) is 22.8 Å². The predicted molar refractivity (Wildman–Crippen MR) is 93.4 cm³/mol. The van der Waals surface area contributed by atoms with Crippen molar-refractivity contribution in [3.63, 3.8) is 0 Å². The van der Waals surface area contributed by atoms with E-state index in [1.165, 1.54) is 22.7 Å². The van der Waals surface area contributed by atoms with Crippen molar-refractivity contribution < 1.29 is 9.18 Å². The van der Waals surface area contributed by atoms with E-state index >= 15 is 0 Å². The van der Waals surface area contributed by atoms with Crippen LogP contribution >= 0.6 is 0 Å². The average Bonchev–Trinajstić information content (AvgIpc) is 3.08. The van der Waals surface area contributed by atoms with Crippen LogP contribution in [-0.4, -0.2) is 25.7 Å². The maximum Gasteiger partial charge on any atom is 0.277 e. The number of rotatable bonds is 3. The number of aromatic nitrogens is 4. The molecule has 4 rings (SSSR count). The largest absolute Gasteiger partial charge is 0.344 e. The Morgan fingerprint density at radius 2 is 2.00 bits per heavy atom. The van der Waals surface area contributed by atoms with E-state index in [9.17, 15) is 14.0 Å². The number of benzene rings is 2. The molecule has 2 N–H and O–H groups in total. The van der Waals surface area contributed by atoms with Gasteiger partial charge in [0.2, 0.25) is 0 Å². The summed E-state index contributed by atoms with van der Waals surface area (Å²) >= 11 is 0. The van der Waals surface area contributed by atoms with Crippen molar-refractivity contribution >= 4 is 22.5 Å². The van der Waals surface area contributed by atoms with Crippen LogP contribution in [0.3, 0.4) is 0 Å². The average molecular weight is 351 g/mol. The Hall–Kier alpha value is -3.55. The van der Waals surface area contributed by atoms with Gasteiger partial charge in [-0.25, -0.2) is 8.91 Å². The van der Waals surface area contributed by atoms with Gasteiger partial charge in [-0.1, -0.05) is 35.5 Å². The zero-order valence-electron chi connectivity index (χ0n) is 13.7. The molecule has 0 radical (unpaired) electrons. The first-order valence-electron chi connectivity index (χ1n) is 7.97. The minimum atomic E-state index is -0.564. The van der Waals surface area contributed by atoms with E-state index in [1.807, 2.05) is 37.3 Å². The van der Waals surface area contributed by atoms with Crippen LogP contribution in [0.5, 0.6) is 0 Å². The maximum atomic E-state index is 13.4. The molecule has 0 aliphatic carbocycles. The van der Waals surface area contributed by atoms with E-state index in [0.717, 1.165) is 5.56 Å². The highest BCUT2D eigenvalue weighted by Crippen LogP contribution is 2.16. The fraction of sp³-hybridized carbons (Fsp3) is 0.111. The van der Waals surface area contributed by atoms with Crippen LogP contribution in [0.1, 0.15) is 29.0 Å². The first-order valence-corrected chi connectivity index (χ1v) is 7.97. The van der Waals surface area contributed by atoms with Crippen LogP contribution in [0.2, 0.25) is 0 Å². The Balaban J connectivity index is 1.76. The second kappa shape index (κ2) is 6.07. The minimum absolute atomic E-state index is 0.0156. The summed E-state index contributed by atoms with van der Waals surface area (Å²) in [4.78, 5) is 27.6. The molecular formula is C18H14FN5O2. The molecule has 2 aromatic heterocycles. The van der Waals surface area contributed by atoms with Crippen molar-refractivity contribution in [2.45, 2.75) is 13.0 Å². The molecule has 0 aliphatic rings. The number of aromatic amines is 1. The van der Waals surface area contributed by atoms with Gasteiger partial charge in [0, 0.05) is 0 Å². The smallest absolute Gasteiger partial charge is 0.277 e. The van der Waals surface area contributed by atoms with E-state index in [4.69, 9.17) is 0 Å². The van der Waals surface area contributed by atoms with E-state index in [1.54, 1.807) is 0 Å². The number of carbonyl (C=O) groups is 1. The Bertz CT molecular complexity index is 1180. The van der Waals surface area contributed by atoms with Crippen molar-refractivity contribution in [2.24, 2.45) is 0 Å². The zero-order valence-corrected chi connectivity index (χ0v) is 13.7. The quantitative estimate of drug-likeness (QED) is 0.592. The second-order valence-corrected chi connectivity index (χ2v) is 5.92. The van der Waals surface area contributed by atoms with Gasteiger partial charge in [0.05, 0.1) is 17.1 Å². The molecular weight excluding hydrogens is 337 g/mol. The molecule has 0 bridgehead atoms. The van der Waals surface area contributed by atoms with Crippen molar-refractivity contribution in [1.82, 2.24) is 25.1 Å². The van der Waals surface area contributed by atoms with E-state index in [2.05, 4.69) is 20.6 Å². The number of hydrogen-bond acceptors (Lipinski definition) is 4. The predicted octanol–water partition coefficient (Wildman–Crippen LogP) is 2.20. The molecule has 130 valence electrons. The molecule has 7 nitrogen and oxygen atoms in total. The third-order valence-electron chi connectivity index (χ3n) is 4.18. The molecule has 4 aromatic rings. The van der Waals surface area contributed by atoms with Crippen LogP contribution in [0.25, 0.3) is 16.6 Å². The molecule has 0 saturated heterocycles. The third-order valence-corrected chi connectivity index (χ3v) is 4.18. The van der Waals surface area contributed by atoms with Gasteiger partial charge in [-0.15, -0.1) is 5.10 Å². The third kappa shape index (κ3) is 2.61. The zero-order chi connectivity index (χ0) is 18.3. The molecule has 8 heteroatoms. The van der Waals surface area contributed by atoms with Gasteiger partial charge in [0.15, 0.2) is 11.2 Å². The summed E-state index contributed by atoms with van der Waals surface area (Å²) in [6.07, 6.45) is 0. The van der Waals surface area contributed by atoms with E-state index < -0.39 is 17.3 Å². The van der Waals surface area contributed by atoms with Crippen molar-refractivity contribution in [3.8, 4) is 0 Å². The van der Waals surface area contributed by atoms with Gasteiger partial charge in [-0.05, 0) is 30.7 Å². The molecule has 0 fully saturated rings. The van der Waals surface area contributed by atoms with Crippen LogP contribution in [0, 0.1) is 5.82 Å². The first-order chi connectivity index (χ1) is 12.5. The summed E-state index contributed by atoms with van der Waals surface area (Å²) in [6.45, 7) is 1.83. The molecule has 0 unspecified atom stereocenters. The minimum Gasteiger partial charge on any atom is -0.344 e. The summed E-state index contributed by atoms with van der Waals surface area (Å²) in [6, 6.07) is 13.1. The van der Waals surface area contributed by atoms with Crippen LogP contribution in [0.15, 0.2) is 53.3 Å². The van der Waals surface area contributed by atoms with Crippen molar-refractivity contribution in [1.29, 1.82) is 0 Å². The number of H-pyrrole nitrogens is 1. The van der Waals surface area contributed by atoms with Crippen LogP contribution < -0.4 is 10.9 Å². The number of hydrogen-bond donors (Lipinski definition) is 2. The number of nitrogens with zero attached hydrogens (tertiary/aromatic N) is 3. The molecule has 26 heavy (non-hydrogen) atoms. The highest BCUT2D eigenvalue weighted by atomic mass is 19.1. The maximum absolute atomic E-state index is 13.4. The van der Waals surface area contributed by atoms with Crippen molar-refractivity contribution in [3.05, 3.63) is 76.0 Å². The molecule has 2 heterocycles.